The molecule has 18 heavy (non-hydrogen) atoms. The van der Waals surface area contributed by atoms with Gasteiger partial charge in [0.05, 0.1) is 6.10 Å². The van der Waals surface area contributed by atoms with Crippen LogP contribution in [-0.2, 0) is 4.74 Å². The van der Waals surface area contributed by atoms with Crippen molar-refractivity contribution in [3.63, 3.8) is 0 Å². The molecule has 1 aromatic heterocycles. The molecule has 1 saturated carbocycles. The molecular formula is C12H21N5O. The first-order valence-electron chi connectivity index (χ1n) is 6.26. The van der Waals surface area contributed by atoms with Crippen molar-refractivity contribution in [1.29, 1.82) is 0 Å². The molecule has 6 nitrogen and oxygen atoms in total. The fraction of sp³-hybridized carbons (Fsp3) is 0.667. The summed E-state index contributed by atoms with van der Waals surface area (Å²) in [6, 6.07) is 0.424. The van der Waals surface area contributed by atoms with Crippen molar-refractivity contribution in [3.8, 4) is 0 Å². The fourth-order valence-corrected chi connectivity index (χ4v) is 2.24. The number of aromatic nitrogens is 2. The van der Waals surface area contributed by atoms with Gasteiger partial charge in [-0.3, -0.25) is 0 Å². The van der Waals surface area contributed by atoms with Gasteiger partial charge in [0.25, 0.3) is 0 Å². The topological polar surface area (TPSA) is 85.1 Å². The number of hydrogen-bond donors (Lipinski definition) is 3. The van der Waals surface area contributed by atoms with Crippen LogP contribution in [0.3, 0.4) is 0 Å². The lowest BCUT2D eigenvalue weighted by Crippen LogP contribution is -2.40. The molecule has 0 unspecified atom stereocenters. The van der Waals surface area contributed by atoms with Crippen LogP contribution in [0, 0.1) is 0 Å². The maximum atomic E-state index is 5.49. The summed E-state index contributed by atoms with van der Waals surface area (Å²) in [5.41, 5.74) is 3.66. The lowest BCUT2D eigenvalue weighted by Gasteiger charge is -2.35. The highest BCUT2D eigenvalue weighted by atomic mass is 16.5. The van der Waals surface area contributed by atoms with E-state index in [1.807, 2.05) is 0 Å². The number of anilines is 2. The Bertz CT molecular complexity index is 403. The van der Waals surface area contributed by atoms with Gasteiger partial charge >= 0.3 is 0 Å². The molecule has 0 spiro atoms. The minimum atomic E-state index is 0.304. The molecule has 0 atom stereocenters. The summed E-state index contributed by atoms with van der Waals surface area (Å²) in [4.78, 5) is 8.47. The van der Waals surface area contributed by atoms with Crippen molar-refractivity contribution in [2.24, 2.45) is 5.84 Å². The van der Waals surface area contributed by atoms with Gasteiger partial charge in [-0.25, -0.2) is 15.8 Å². The average molecular weight is 251 g/mol. The van der Waals surface area contributed by atoms with E-state index in [-0.39, 0.29) is 0 Å². The number of hydrazine groups is 1. The van der Waals surface area contributed by atoms with Gasteiger partial charge in [-0.15, -0.1) is 0 Å². The first-order chi connectivity index (χ1) is 8.65. The van der Waals surface area contributed by atoms with Crippen LogP contribution in [0.15, 0.2) is 6.33 Å². The monoisotopic (exact) mass is 251 g/mol. The normalized spacial score (nSPS) is 22.7. The van der Waals surface area contributed by atoms with Gasteiger partial charge in [0, 0.05) is 18.7 Å². The second-order valence-electron chi connectivity index (χ2n) is 4.95. The molecule has 0 saturated heterocycles. The van der Waals surface area contributed by atoms with Crippen molar-refractivity contribution < 1.29 is 4.74 Å². The summed E-state index contributed by atoms with van der Waals surface area (Å²) in [5.74, 6) is 7.35. The zero-order chi connectivity index (χ0) is 13.1. The minimum Gasteiger partial charge on any atom is -0.381 e. The van der Waals surface area contributed by atoms with Crippen LogP contribution in [0.5, 0.6) is 0 Å². The second kappa shape index (κ2) is 5.49. The number of nitrogens with zero attached hydrogens (tertiary/aromatic N) is 2. The Morgan fingerprint density at radius 2 is 2.00 bits per heavy atom. The van der Waals surface area contributed by atoms with Crippen molar-refractivity contribution in [1.82, 2.24) is 9.97 Å². The third-order valence-electron chi connectivity index (χ3n) is 3.37. The Hall–Kier alpha value is -1.40. The largest absolute Gasteiger partial charge is 0.381 e. The van der Waals surface area contributed by atoms with Crippen molar-refractivity contribution in [3.05, 3.63) is 11.9 Å². The number of nitrogens with one attached hydrogen (secondary N) is 2. The van der Waals surface area contributed by atoms with Crippen molar-refractivity contribution in [2.45, 2.75) is 44.8 Å². The predicted molar refractivity (Wildman–Crippen MR) is 71.4 cm³/mol. The number of nitrogen functional groups attached to an aromatic ring is 1. The van der Waals surface area contributed by atoms with Crippen molar-refractivity contribution >= 4 is 11.6 Å². The van der Waals surface area contributed by atoms with E-state index in [1.165, 1.54) is 6.33 Å². The molecule has 4 N–H and O–H groups in total. The number of ether oxygens (including phenoxy) is 1. The highest BCUT2D eigenvalue weighted by Gasteiger charge is 2.30. The van der Waals surface area contributed by atoms with Crippen LogP contribution in [0.4, 0.5) is 11.6 Å². The van der Waals surface area contributed by atoms with Crippen LogP contribution < -0.4 is 16.6 Å². The molecule has 0 bridgehead atoms. The number of rotatable bonds is 5. The summed E-state index contributed by atoms with van der Waals surface area (Å²) < 4.78 is 5.27. The Labute approximate surface area is 107 Å². The van der Waals surface area contributed by atoms with Crippen LogP contribution in [-0.4, -0.2) is 29.2 Å². The number of hydrogen-bond acceptors (Lipinski definition) is 6. The van der Waals surface area contributed by atoms with Gasteiger partial charge in [-0.1, -0.05) is 13.8 Å². The fourth-order valence-electron chi connectivity index (χ4n) is 2.24. The first-order valence-corrected chi connectivity index (χ1v) is 6.26. The lowest BCUT2D eigenvalue weighted by molar-refractivity contribution is 0.0327. The highest BCUT2D eigenvalue weighted by molar-refractivity contribution is 5.59. The zero-order valence-electron chi connectivity index (χ0n) is 11.1. The smallest absolute Gasteiger partial charge is 0.148 e. The molecule has 0 aliphatic heterocycles. The Balaban J connectivity index is 2.12. The molecule has 1 heterocycles. The average Bonchev–Trinajstić information content (AvgIpc) is 2.32. The van der Waals surface area contributed by atoms with E-state index in [0.29, 0.717) is 23.9 Å². The summed E-state index contributed by atoms with van der Waals surface area (Å²) in [6.07, 6.45) is 3.93. The van der Waals surface area contributed by atoms with Gasteiger partial charge in [-0.05, 0) is 18.8 Å². The lowest BCUT2D eigenvalue weighted by atomic mass is 9.89. The van der Waals surface area contributed by atoms with E-state index < -0.39 is 0 Å². The van der Waals surface area contributed by atoms with Gasteiger partial charge in [0.2, 0.25) is 0 Å². The Kier molecular flexibility index (Phi) is 3.98. The summed E-state index contributed by atoms with van der Waals surface area (Å²) in [5, 5.41) is 3.44. The number of methoxy groups -OCH3 is 1. The van der Waals surface area contributed by atoms with Crippen LogP contribution in [0.2, 0.25) is 0 Å². The SMILES string of the molecule is COC1CC(Nc2ncnc(NN)c2C(C)C)C1. The third-order valence-corrected chi connectivity index (χ3v) is 3.37. The summed E-state index contributed by atoms with van der Waals surface area (Å²) >= 11 is 0. The molecule has 0 aromatic carbocycles. The second-order valence-corrected chi connectivity index (χ2v) is 4.95. The van der Waals surface area contributed by atoms with Crippen LogP contribution in [0.25, 0.3) is 0 Å². The molecule has 0 amide bonds. The molecule has 1 fully saturated rings. The maximum absolute atomic E-state index is 5.49. The van der Waals surface area contributed by atoms with E-state index >= 15 is 0 Å². The van der Waals surface area contributed by atoms with E-state index in [2.05, 4.69) is 34.6 Å². The van der Waals surface area contributed by atoms with E-state index in [0.717, 1.165) is 24.2 Å². The van der Waals surface area contributed by atoms with Gasteiger partial charge in [0.15, 0.2) is 0 Å². The van der Waals surface area contributed by atoms with E-state index in [4.69, 9.17) is 10.6 Å². The molecule has 6 heteroatoms. The van der Waals surface area contributed by atoms with Gasteiger partial charge in [-0.2, -0.15) is 0 Å². The summed E-state index contributed by atoms with van der Waals surface area (Å²) in [7, 11) is 1.75. The van der Waals surface area contributed by atoms with Gasteiger partial charge in [0.1, 0.15) is 18.0 Å². The van der Waals surface area contributed by atoms with Crippen LogP contribution >= 0.6 is 0 Å². The molecule has 2 rings (SSSR count). The predicted octanol–water partition coefficient (Wildman–Crippen LogP) is 1.47. The molecule has 100 valence electrons. The van der Waals surface area contributed by atoms with E-state index in [9.17, 15) is 0 Å². The highest BCUT2D eigenvalue weighted by Crippen LogP contribution is 2.31. The maximum Gasteiger partial charge on any atom is 0.148 e. The molecule has 0 radical (unpaired) electrons. The standard InChI is InChI=1S/C12H21N5O/c1-7(2)10-11(14-6-15-12(10)17-13)16-8-4-9(5-8)18-3/h6-9H,4-5,13H2,1-3H3,(H2,14,15,16,17). The van der Waals surface area contributed by atoms with Crippen LogP contribution in [0.1, 0.15) is 38.2 Å². The Morgan fingerprint density at radius 1 is 1.33 bits per heavy atom. The quantitative estimate of drug-likeness (QED) is 0.543. The summed E-state index contributed by atoms with van der Waals surface area (Å²) in [6.45, 7) is 4.20. The first kappa shape index (κ1) is 13.0. The Morgan fingerprint density at radius 3 is 2.56 bits per heavy atom. The number of nitrogens with two attached hydrogens (primary N) is 1. The van der Waals surface area contributed by atoms with E-state index in [1.54, 1.807) is 7.11 Å². The zero-order valence-corrected chi connectivity index (χ0v) is 11.1. The van der Waals surface area contributed by atoms with Crippen molar-refractivity contribution in [2.75, 3.05) is 17.9 Å². The third kappa shape index (κ3) is 2.54. The van der Waals surface area contributed by atoms with Gasteiger partial charge < -0.3 is 15.5 Å². The molecule has 1 aliphatic rings. The minimum absolute atomic E-state index is 0.304. The molecule has 1 aliphatic carbocycles. The molecule has 1 aromatic rings. The molecular weight excluding hydrogens is 230 g/mol.